The largest absolute Gasteiger partial charge is 0.382 e. The zero-order valence-corrected chi connectivity index (χ0v) is 16.1. The third-order valence-electron chi connectivity index (χ3n) is 4.44. The molecule has 0 radical (unpaired) electrons. The fraction of sp³-hybridized carbons (Fsp3) is 0.263. The molecule has 2 N–H and O–H groups in total. The van der Waals surface area contributed by atoms with Gasteiger partial charge in [0.2, 0.25) is 0 Å². The molecule has 0 spiro atoms. The lowest BCUT2D eigenvalue weighted by Gasteiger charge is -2.30. The molecule has 0 saturated carbocycles. The lowest BCUT2D eigenvalue weighted by Crippen LogP contribution is -2.54. The molecule has 0 aliphatic carbocycles. The van der Waals surface area contributed by atoms with Gasteiger partial charge in [-0.05, 0) is 24.3 Å². The minimum absolute atomic E-state index is 0.0402. The van der Waals surface area contributed by atoms with Crippen LogP contribution in [-0.4, -0.2) is 45.2 Å². The number of ketones is 2. The van der Waals surface area contributed by atoms with Crippen molar-refractivity contribution in [3.8, 4) is 0 Å². The Morgan fingerprint density at radius 3 is 2.11 bits per heavy atom. The third kappa shape index (κ3) is 3.76. The number of rotatable bonds is 5. The van der Waals surface area contributed by atoms with Crippen LogP contribution in [0, 0.1) is 0 Å². The molecular weight excluding hydrogens is 415 g/mol. The molecule has 27 heavy (non-hydrogen) atoms. The number of alkyl halides is 1. The summed E-state index contributed by atoms with van der Waals surface area (Å²) in [5.41, 5.74) is -3.22. The molecule has 1 heterocycles. The van der Waals surface area contributed by atoms with E-state index in [9.17, 15) is 19.8 Å². The predicted octanol–water partition coefficient (Wildman–Crippen LogP) is 3.50. The topological polar surface area (TPSA) is 83.8 Å². The van der Waals surface area contributed by atoms with E-state index in [4.69, 9.17) is 39.5 Å². The van der Waals surface area contributed by atoms with Crippen LogP contribution in [0.15, 0.2) is 48.5 Å². The first kappa shape index (κ1) is 20.3. The number of ether oxygens (including phenoxy) is 1. The number of Topliss-reactive ketones (excluding diaryl/α,β-unsaturated/α-hetero) is 2. The van der Waals surface area contributed by atoms with Crippen molar-refractivity contribution in [1.82, 2.24) is 0 Å². The Morgan fingerprint density at radius 1 is 1.04 bits per heavy atom. The van der Waals surface area contributed by atoms with Crippen molar-refractivity contribution in [2.75, 3.05) is 0 Å². The average Bonchev–Trinajstić information content (AvgIpc) is 2.96. The Bertz CT molecular complexity index is 887. The van der Waals surface area contributed by atoms with Gasteiger partial charge in [0, 0.05) is 17.5 Å². The second kappa shape index (κ2) is 7.87. The number of aliphatic hydroxyl groups excluding tert-OH is 1. The first-order valence-electron chi connectivity index (χ1n) is 8.03. The molecule has 142 valence electrons. The molecule has 1 fully saturated rings. The standard InChI is InChI=1S/C19H15Cl3O5/c20-12-7-3-1-5-10(12)15(23)16(24)18-19(26,9-14(22)27-18)17(25)11-6-2-4-8-13(11)21/h1-8,14,16,18,24,26H,9H2/t14-,16?,18+,19+/m0/s1. The van der Waals surface area contributed by atoms with Crippen molar-refractivity contribution < 1.29 is 24.5 Å². The predicted molar refractivity (Wildman–Crippen MR) is 102 cm³/mol. The van der Waals surface area contributed by atoms with Gasteiger partial charge in [0.1, 0.15) is 17.8 Å². The first-order chi connectivity index (χ1) is 12.8. The molecule has 1 aliphatic heterocycles. The van der Waals surface area contributed by atoms with Crippen LogP contribution in [0.1, 0.15) is 27.1 Å². The van der Waals surface area contributed by atoms with Crippen molar-refractivity contribution in [2.45, 2.75) is 29.8 Å². The molecule has 4 atom stereocenters. The number of carbonyl (C=O) groups excluding carboxylic acids is 2. The minimum atomic E-state index is -2.23. The molecule has 1 aliphatic rings. The molecule has 1 unspecified atom stereocenters. The quantitative estimate of drug-likeness (QED) is 0.561. The molecule has 0 amide bonds. The summed E-state index contributed by atoms with van der Waals surface area (Å²) in [5.74, 6) is -1.57. The molecular formula is C19H15Cl3O5. The number of halogens is 3. The van der Waals surface area contributed by atoms with Gasteiger partial charge in [-0.25, -0.2) is 0 Å². The summed E-state index contributed by atoms with van der Waals surface area (Å²) < 4.78 is 5.34. The zero-order chi connectivity index (χ0) is 19.8. The molecule has 5 nitrogen and oxygen atoms in total. The van der Waals surface area contributed by atoms with Gasteiger partial charge in [-0.2, -0.15) is 0 Å². The number of carbonyl (C=O) groups is 2. The van der Waals surface area contributed by atoms with Crippen LogP contribution in [0.2, 0.25) is 10.0 Å². The van der Waals surface area contributed by atoms with E-state index >= 15 is 0 Å². The van der Waals surface area contributed by atoms with E-state index in [0.29, 0.717) is 0 Å². The maximum absolute atomic E-state index is 13.0. The summed E-state index contributed by atoms with van der Waals surface area (Å²) in [6.07, 6.45) is -3.74. The van der Waals surface area contributed by atoms with E-state index in [1.807, 2.05) is 0 Å². The molecule has 1 saturated heterocycles. The molecule has 8 heteroatoms. The van der Waals surface area contributed by atoms with Gasteiger partial charge >= 0.3 is 0 Å². The maximum Gasteiger partial charge on any atom is 0.198 e. The van der Waals surface area contributed by atoms with Crippen LogP contribution in [0.4, 0.5) is 0 Å². The van der Waals surface area contributed by atoms with Crippen molar-refractivity contribution in [1.29, 1.82) is 0 Å². The van der Waals surface area contributed by atoms with E-state index in [1.54, 1.807) is 24.3 Å². The Labute approximate surface area is 170 Å². The number of hydrogen-bond acceptors (Lipinski definition) is 5. The van der Waals surface area contributed by atoms with Gasteiger partial charge in [0.05, 0.1) is 10.0 Å². The van der Waals surface area contributed by atoms with E-state index in [0.717, 1.165) is 0 Å². The summed E-state index contributed by atoms with van der Waals surface area (Å²) in [6.45, 7) is 0. The highest BCUT2D eigenvalue weighted by atomic mass is 35.5. The molecule has 2 aromatic carbocycles. The summed E-state index contributed by atoms with van der Waals surface area (Å²) in [7, 11) is 0. The Balaban J connectivity index is 1.96. The number of hydrogen-bond donors (Lipinski definition) is 2. The summed E-state index contributed by atoms with van der Waals surface area (Å²) in [4.78, 5) is 25.6. The van der Waals surface area contributed by atoms with Crippen molar-refractivity contribution >= 4 is 46.4 Å². The van der Waals surface area contributed by atoms with Crippen molar-refractivity contribution in [3.05, 3.63) is 69.7 Å². The zero-order valence-electron chi connectivity index (χ0n) is 13.8. The highest BCUT2D eigenvalue weighted by Crippen LogP contribution is 2.39. The minimum Gasteiger partial charge on any atom is -0.382 e. The van der Waals surface area contributed by atoms with Gasteiger partial charge in [0.25, 0.3) is 0 Å². The normalized spacial score (nSPS) is 26.0. The van der Waals surface area contributed by atoms with Crippen LogP contribution in [0.25, 0.3) is 0 Å². The molecule has 0 aromatic heterocycles. The van der Waals surface area contributed by atoms with Crippen LogP contribution in [0.5, 0.6) is 0 Å². The Hall–Kier alpha value is -1.47. The van der Waals surface area contributed by atoms with Crippen molar-refractivity contribution in [3.63, 3.8) is 0 Å². The second-order valence-electron chi connectivity index (χ2n) is 6.19. The van der Waals surface area contributed by atoms with E-state index in [-0.39, 0.29) is 27.6 Å². The van der Waals surface area contributed by atoms with Crippen LogP contribution < -0.4 is 0 Å². The molecule has 3 rings (SSSR count). The summed E-state index contributed by atoms with van der Waals surface area (Å²) in [5, 5.41) is 21.9. The van der Waals surface area contributed by atoms with E-state index in [1.165, 1.54) is 24.3 Å². The van der Waals surface area contributed by atoms with Gasteiger partial charge in [-0.15, -0.1) is 0 Å². The SMILES string of the molecule is O=C(c1ccccc1Cl)C(O)[C@H]1O[C@H](Cl)C[C@@]1(O)C(=O)c1ccccc1Cl. The lowest BCUT2D eigenvalue weighted by atomic mass is 9.82. The van der Waals surface area contributed by atoms with Gasteiger partial charge in [0.15, 0.2) is 17.2 Å². The molecule has 0 bridgehead atoms. The van der Waals surface area contributed by atoms with Gasteiger partial charge in [-0.3, -0.25) is 9.59 Å². The number of benzene rings is 2. The smallest absolute Gasteiger partial charge is 0.198 e. The lowest BCUT2D eigenvalue weighted by molar-refractivity contribution is -0.0716. The molecule has 2 aromatic rings. The first-order valence-corrected chi connectivity index (χ1v) is 9.23. The third-order valence-corrected chi connectivity index (χ3v) is 5.36. The van der Waals surface area contributed by atoms with Gasteiger partial charge < -0.3 is 14.9 Å². The van der Waals surface area contributed by atoms with Gasteiger partial charge in [-0.1, -0.05) is 59.1 Å². The summed E-state index contributed by atoms with van der Waals surface area (Å²) >= 11 is 18.0. The Kier molecular flexibility index (Phi) is 5.91. The highest BCUT2D eigenvalue weighted by Gasteiger charge is 2.57. The van der Waals surface area contributed by atoms with E-state index in [2.05, 4.69) is 0 Å². The second-order valence-corrected chi connectivity index (χ2v) is 7.49. The Morgan fingerprint density at radius 2 is 1.56 bits per heavy atom. The van der Waals surface area contributed by atoms with Crippen LogP contribution >= 0.6 is 34.8 Å². The summed E-state index contributed by atoms with van der Waals surface area (Å²) in [6, 6.07) is 12.3. The number of aliphatic hydroxyl groups is 2. The van der Waals surface area contributed by atoms with Crippen LogP contribution in [-0.2, 0) is 4.74 Å². The average molecular weight is 430 g/mol. The van der Waals surface area contributed by atoms with E-state index < -0.39 is 34.9 Å². The fourth-order valence-corrected chi connectivity index (χ4v) is 3.87. The fourth-order valence-electron chi connectivity index (χ4n) is 3.07. The van der Waals surface area contributed by atoms with Crippen LogP contribution in [0.3, 0.4) is 0 Å². The van der Waals surface area contributed by atoms with Crippen molar-refractivity contribution in [2.24, 2.45) is 0 Å². The highest BCUT2D eigenvalue weighted by molar-refractivity contribution is 6.35. The monoisotopic (exact) mass is 428 g/mol. The maximum atomic E-state index is 13.0.